The summed E-state index contributed by atoms with van der Waals surface area (Å²) in [5, 5.41) is 7.38. The molecule has 0 fully saturated rings. The number of rotatable bonds is 8. The lowest BCUT2D eigenvalue weighted by molar-refractivity contribution is 0.101. The van der Waals surface area contributed by atoms with Crippen LogP contribution in [-0.2, 0) is 0 Å². The molecule has 36 heavy (non-hydrogen) atoms. The third kappa shape index (κ3) is 4.61. The van der Waals surface area contributed by atoms with Crippen LogP contribution < -0.4 is 29.6 Å². The number of benzene rings is 4. The summed E-state index contributed by atoms with van der Waals surface area (Å²) in [7, 11) is 5.98. The summed E-state index contributed by atoms with van der Waals surface area (Å²) in [6.45, 7) is 0. The highest BCUT2D eigenvalue weighted by Gasteiger charge is 2.21. The van der Waals surface area contributed by atoms with Crippen LogP contribution in [0.4, 0.5) is 11.4 Å². The van der Waals surface area contributed by atoms with Crippen LogP contribution in [0.3, 0.4) is 0 Å². The molecule has 8 heteroatoms. The SMILES string of the molecule is COc1cccc(OC)c1C(=O)Nc1cccc2c(NC(=O)c3c(OC)cccc3OC)cccc12. The Bertz CT molecular complexity index is 1280. The highest BCUT2D eigenvalue weighted by Crippen LogP contribution is 2.34. The van der Waals surface area contributed by atoms with E-state index in [1.807, 2.05) is 12.1 Å². The van der Waals surface area contributed by atoms with E-state index in [0.29, 0.717) is 34.4 Å². The molecule has 4 aromatic carbocycles. The number of anilines is 2. The Balaban J connectivity index is 1.70. The van der Waals surface area contributed by atoms with Crippen LogP contribution >= 0.6 is 0 Å². The normalized spacial score (nSPS) is 10.4. The maximum absolute atomic E-state index is 13.2. The Hall–Kier alpha value is -4.72. The van der Waals surface area contributed by atoms with Crippen molar-refractivity contribution < 1.29 is 28.5 Å². The number of amides is 2. The molecule has 0 heterocycles. The Morgan fingerprint density at radius 2 is 0.806 bits per heavy atom. The molecule has 0 aliphatic rings. The number of hydrogen-bond donors (Lipinski definition) is 2. The third-order valence-corrected chi connectivity index (χ3v) is 5.73. The summed E-state index contributed by atoms with van der Waals surface area (Å²) >= 11 is 0. The van der Waals surface area contributed by atoms with Gasteiger partial charge in [0.2, 0.25) is 0 Å². The van der Waals surface area contributed by atoms with E-state index in [1.165, 1.54) is 28.4 Å². The van der Waals surface area contributed by atoms with Crippen LogP contribution in [0.25, 0.3) is 10.8 Å². The van der Waals surface area contributed by atoms with Crippen molar-refractivity contribution in [2.45, 2.75) is 0 Å². The van der Waals surface area contributed by atoms with Gasteiger partial charge in [-0.1, -0.05) is 36.4 Å². The predicted octanol–water partition coefficient (Wildman–Crippen LogP) is 5.38. The van der Waals surface area contributed by atoms with Gasteiger partial charge in [-0.15, -0.1) is 0 Å². The molecule has 0 atom stereocenters. The maximum atomic E-state index is 13.2. The van der Waals surface area contributed by atoms with Gasteiger partial charge in [-0.25, -0.2) is 0 Å². The van der Waals surface area contributed by atoms with Gasteiger partial charge in [0.15, 0.2) is 0 Å². The van der Waals surface area contributed by atoms with Crippen molar-refractivity contribution in [3.63, 3.8) is 0 Å². The zero-order chi connectivity index (χ0) is 25.7. The Morgan fingerprint density at radius 1 is 0.500 bits per heavy atom. The molecule has 0 saturated carbocycles. The fourth-order valence-electron chi connectivity index (χ4n) is 4.05. The highest BCUT2D eigenvalue weighted by atomic mass is 16.5. The number of carbonyl (C=O) groups excluding carboxylic acids is 2. The van der Waals surface area contributed by atoms with E-state index < -0.39 is 0 Å². The van der Waals surface area contributed by atoms with Crippen LogP contribution in [0, 0.1) is 0 Å². The minimum atomic E-state index is -0.384. The fourth-order valence-corrected chi connectivity index (χ4v) is 4.05. The second-order valence-corrected chi connectivity index (χ2v) is 7.69. The second kappa shape index (κ2) is 10.7. The Labute approximate surface area is 208 Å². The van der Waals surface area contributed by atoms with Crippen LogP contribution in [0.2, 0.25) is 0 Å². The summed E-state index contributed by atoms with van der Waals surface area (Å²) in [6.07, 6.45) is 0. The van der Waals surface area contributed by atoms with Crippen molar-refractivity contribution in [2.75, 3.05) is 39.1 Å². The molecule has 0 radical (unpaired) electrons. The van der Waals surface area contributed by atoms with E-state index in [4.69, 9.17) is 18.9 Å². The van der Waals surface area contributed by atoms with E-state index >= 15 is 0 Å². The Kier molecular flexibility index (Phi) is 7.25. The molecule has 0 spiro atoms. The van der Waals surface area contributed by atoms with Crippen molar-refractivity contribution in [3.8, 4) is 23.0 Å². The van der Waals surface area contributed by atoms with Gasteiger partial charge in [0.1, 0.15) is 34.1 Å². The summed E-state index contributed by atoms with van der Waals surface area (Å²) < 4.78 is 21.5. The highest BCUT2D eigenvalue weighted by molar-refractivity contribution is 6.16. The van der Waals surface area contributed by atoms with Crippen LogP contribution in [0.1, 0.15) is 20.7 Å². The average molecular weight is 487 g/mol. The lowest BCUT2D eigenvalue weighted by Crippen LogP contribution is -2.16. The molecule has 184 valence electrons. The first-order valence-electron chi connectivity index (χ1n) is 11.1. The van der Waals surface area contributed by atoms with Gasteiger partial charge in [-0.05, 0) is 36.4 Å². The molecule has 0 aromatic heterocycles. The largest absolute Gasteiger partial charge is 0.496 e. The number of ether oxygens (including phenoxy) is 4. The Morgan fingerprint density at radius 3 is 1.11 bits per heavy atom. The fraction of sp³-hybridized carbons (Fsp3) is 0.143. The van der Waals surface area contributed by atoms with Gasteiger partial charge in [0.05, 0.1) is 28.4 Å². The lowest BCUT2D eigenvalue weighted by Gasteiger charge is -2.16. The van der Waals surface area contributed by atoms with Crippen molar-refractivity contribution >= 4 is 34.0 Å². The van der Waals surface area contributed by atoms with E-state index in [0.717, 1.165) is 10.8 Å². The van der Waals surface area contributed by atoms with Gasteiger partial charge < -0.3 is 29.6 Å². The van der Waals surface area contributed by atoms with Crippen molar-refractivity contribution in [1.82, 2.24) is 0 Å². The van der Waals surface area contributed by atoms with Gasteiger partial charge in [-0.3, -0.25) is 9.59 Å². The van der Waals surface area contributed by atoms with Gasteiger partial charge in [0, 0.05) is 22.1 Å². The average Bonchev–Trinajstić information content (AvgIpc) is 2.92. The van der Waals surface area contributed by atoms with Crippen molar-refractivity contribution in [1.29, 1.82) is 0 Å². The standard InChI is InChI=1S/C28H26N2O6/c1-33-21-13-7-14-22(34-2)25(21)27(31)29-19-11-5-10-18-17(19)9-6-12-20(18)30-28(32)26-23(35-3)15-8-16-24(26)36-4/h5-16H,1-4H3,(H,29,31)(H,30,32). The maximum Gasteiger partial charge on any atom is 0.263 e. The first-order chi connectivity index (χ1) is 17.5. The van der Waals surface area contributed by atoms with Crippen LogP contribution in [0.15, 0.2) is 72.8 Å². The molecular weight excluding hydrogens is 460 g/mol. The van der Waals surface area contributed by atoms with Crippen molar-refractivity contribution in [2.24, 2.45) is 0 Å². The van der Waals surface area contributed by atoms with E-state index in [1.54, 1.807) is 60.7 Å². The van der Waals surface area contributed by atoms with E-state index in [2.05, 4.69) is 10.6 Å². The quantitative estimate of drug-likeness (QED) is 0.347. The molecule has 8 nitrogen and oxygen atoms in total. The first kappa shape index (κ1) is 24.4. The molecule has 0 saturated heterocycles. The number of hydrogen-bond acceptors (Lipinski definition) is 6. The third-order valence-electron chi connectivity index (χ3n) is 5.73. The summed E-state index contributed by atoms with van der Waals surface area (Å²) in [5.74, 6) is 0.808. The minimum Gasteiger partial charge on any atom is -0.496 e. The molecule has 2 N–H and O–H groups in total. The molecule has 0 bridgehead atoms. The second-order valence-electron chi connectivity index (χ2n) is 7.69. The number of methoxy groups -OCH3 is 4. The zero-order valence-corrected chi connectivity index (χ0v) is 20.4. The predicted molar refractivity (Wildman–Crippen MR) is 139 cm³/mol. The molecule has 4 rings (SSSR count). The van der Waals surface area contributed by atoms with Gasteiger partial charge >= 0.3 is 0 Å². The lowest BCUT2D eigenvalue weighted by atomic mass is 10.1. The summed E-state index contributed by atoms with van der Waals surface area (Å²) in [6, 6.07) is 21.2. The molecule has 0 aliphatic heterocycles. The van der Waals surface area contributed by atoms with E-state index in [9.17, 15) is 9.59 Å². The summed E-state index contributed by atoms with van der Waals surface area (Å²) in [5.41, 5.74) is 1.70. The van der Waals surface area contributed by atoms with Gasteiger partial charge in [-0.2, -0.15) is 0 Å². The molecule has 4 aromatic rings. The molecule has 2 amide bonds. The van der Waals surface area contributed by atoms with E-state index in [-0.39, 0.29) is 22.9 Å². The zero-order valence-electron chi connectivity index (χ0n) is 20.4. The number of nitrogens with one attached hydrogen (secondary N) is 2. The first-order valence-corrected chi connectivity index (χ1v) is 11.1. The van der Waals surface area contributed by atoms with Crippen LogP contribution in [-0.4, -0.2) is 40.3 Å². The molecule has 0 aliphatic carbocycles. The number of carbonyl (C=O) groups is 2. The number of fused-ring (bicyclic) bond motifs is 1. The topological polar surface area (TPSA) is 95.1 Å². The van der Waals surface area contributed by atoms with Crippen molar-refractivity contribution in [3.05, 3.63) is 83.9 Å². The smallest absolute Gasteiger partial charge is 0.263 e. The molecular formula is C28H26N2O6. The monoisotopic (exact) mass is 486 g/mol. The van der Waals surface area contributed by atoms with Gasteiger partial charge in [0.25, 0.3) is 11.8 Å². The van der Waals surface area contributed by atoms with Crippen LogP contribution in [0.5, 0.6) is 23.0 Å². The molecule has 0 unspecified atom stereocenters. The minimum absolute atomic E-state index is 0.284. The summed E-state index contributed by atoms with van der Waals surface area (Å²) in [4.78, 5) is 26.5.